The van der Waals surface area contributed by atoms with Gasteiger partial charge in [0.15, 0.2) is 0 Å². The molecule has 2 fully saturated rings. The van der Waals surface area contributed by atoms with Crippen LogP contribution in [0.4, 0.5) is 0 Å². The van der Waals surface area contributed by atoms with Gasteiger partial charge >= 0.3 is 5.69 Å². The number of aryl methyl sites for hydroxylation is 1. The van der Waals surface area contributed by atoms with Crippen molar-refractivity contribution in [1.29, 1.82) is 0 Å². The summed E-state index contributed by atoms with van der Waals surface area (Å²) in [5, 5.41) is 0. The number of para-hydroxylation sites is 2. The topological polar surface area (TPSA) is 41.0 Å². The van der Waals surface area contributed by atoms with Crippen LogP contribution in [0.2, 0.25) is 0 Å². The summed E-state index contributed by atoms with van der Waals surface area (Å²) in [5.41, 5.74) is 2.01. The number of unbranched alkanes of at least 4 members (excludes halogenated alkanes) is 1. The van der Waals surface area contributed by atoms with Crippen molar-refractivity contribution in [2.24, 2.45) is 11.8 Å². The van der Waals surface area contributed by atoms with E-state index in [0.717, 1.165) is 35.8 Å². The number of hydrogen-bond acceptors (Lipinski definition) is 2. The van der Waals surface area contributed by atoms with Crippen LogP contribution in [0.3, 0.4) is 0 Å². The first kappa shape index (κ1) is 18.8. The van der Waals surface area contributed by atoms with Crippen LogP contribution in [0.5, 0.6) is 0 Å². The van der Waals surface area contributed by atoms with E-state index < -0.39 is 0 Å². The summed E-state index contributed by atoms with van der Waals surface area (Å²) in [6.45, 7) is 4.57. The quantitative estimate of drug-likeness (QED) is 0.713. The van der Waals surface area contributed by atoms with Gasteiger partial charge in [0.25, 0.3) is 0 Å². The highest BCUT2D eigenvalue weighted by molar-refractivity contribution is 5.74. The second-order valence-corrected chi connectivity index (χ2v) is 8.83. The monoisotopic (exact) mass is 369 g/mol. The van der Waals surface area contributed by atoms with Crippen molar-refractivity contribution in [3.8, 4) is 0 Å². The van der Waals surface area contributed by atoms with E-state index >= 15 is 0 Å². The zero-order valence-corrected chi connectivity index (χ0v) is 16.7. The number of fused-ring (bicyclic) bond motifs is 1. The van der Waals surface area contributed by atoms with Gasteiger partial charge in [-0.3, -0.25) is 4.57 Å². The first-order valence-electron chi connectivity index (χ1n) is 11.2. The molecule has 0 radical (unpaired) electrons. The Kier molecular flexibility index (Phi) is 6.33. The smallest absolute Gasteiger partial charge is 0.306 e. The van der Waals surface area contributed by atoms with Gasteiger partial charge in [-0.25, -0.2) is 4.79 Å². The molecular formula is C23H35N3O. The normalized spacial score (nSPS) is 20.4. The lowest BCUT2D eigenvalue weighted by Crippen LogP contribution is -2.35. The van der Waals surface area contributed by atoms with Crippen LogP contribution in [0, 0.1) is 11.8 Å². The zero-order valence-electron chi connectivity index (χ0n) is 16.7. The molecule has 27 heavy (non-hydrogen) atoms. The second kappa shape index (κ2) is 9.09. The average molecular weight is 370 g/mol. The lowest BCUT2D eigenvalue weighted by Gasteiger charge is -2.34. The van der Waals surface area contributed by atoms with Crippen molar-refractivity contribution in [1.82, 2.24) is 14.5 Å². The first-order chi connectivity index (χ1) is 13.3. The van der Waals surface area contributed by atoms with Crippen LogP contribution in [0.15, 0.2) is 29.1 Å². The molecule has 1 N–H and O–H groups in total. The molecule has 0 amide bonds. The number of piperidine rings is 1. The van der Waals surface area contributed by atoms with E-state index in [9.17, 15) is 4.79 Å². The number of H-pyrrole nitrogens is 1. The van der Waals surface area contributed by atoms with Gasteiger partial charge in [0.1, 0.15) is 0 Å². The fourth-order valence-electron chi connectivity index (χ4n) is 5.27. The van der Waals surface area contributed by atoms with Gasteiger partial charge in [0, 0.05) is 6.54 Å². The number of benzene rings is 1. The number of hydrogen-bond donors (Lipinski definition) is 1. The molecule has 1 saturated heterocycles. The standard InChI is InChI=1S/C23H35N3O/c27-23-24-21-10-4-5-11-22(21)26(23)15-7-6-14-25-16-12-20(13-17-25)18-19-8-2-1-3-9-19/h4-5,10-11,19-20H,1-3,6-9,12-18H2,(H,24,27). The minimum absolute atomic E-state index is 0.0275. The number of nitrogens with zero attached hydrogens (tertiary/aromatic N) is 2. The molecule has 1 aliphatic heterocycles. The van der Waals surface area contributed by atoms with Crippen LogP contribution >= 0.6 is 0 Å². The summed E-state index contributed by atoms with van der Waals surface area (Å²) in [4.78, 5) is 17.7. The van der Waals surface area contributed by atoms with Crippen LogP contribution in [-0.4, -0.2) is 34.1 Å². The maximum absolute atomic E-state index is 12.1. The van der Waals surface area contributed by atoms with Crippen molar-refractivity contribution in [2.45, 2.75) is 70.8 Å². The molecule has 1 saturated carbocycles. The minimum Gasteiger partial charge on any atom is -0.306 e. The highest BCUT2D eigenvalue weighted by atomic mass is 16.1. The van der Waals surface area contributed by atoms with Gasteiger partial charge < -0.3 is 9.88 Å². The first-order valence-corrected chi connectivity index (χ1v) is 11.2. The Hall–Kier alpha value is -1.55. The summed E-state index contributed by atoms with van der Waals surface area (Å²) >= 11 is 0. The molecule has 1 aliphatic carbocycles. The fourth-order valence-corrected chi connectivity index (χ4v) is 5.27. The molecule has 4 nitrogen and oxygen atoms in total. The third kappa shape index (κ3) is 4.84. The van der Waals surface area contributed by atoms with E-state index in [2.05, 4.69) is 9.88 Å². The van der Waals surface area contributed by atoms with E-state index in [1.165, 1.54) is 77.4 Å². The molecule has 2 heterocycles. The van der Waals surface area contributed by atoms with Crippen molar-refractivity contribution < 1.29 is 0 Å². The fraction of sp³-hybridized carbons (Fsp3) is 0.696. The number of nitrogens with one attached hydrogen (secondary N) is 1. The molecule has 1 aromatic heterocycles. The molecule has 4 rings (SSSR count). The minimum atomic E-state index is 0.0275. The van der Waals surface area contributed by atoms with E-state index in [0.29, 0.717) is 0 Å². The molecule has 2 aliphatic rings. The van der Waals surface area contributed by atoms with Crippen molar-refractivity contribution in [3.05, 3.63) is 34.7 Å². The second-order valence-electron chi connectivity index (χ2n) is 8.83. The molecule has 2 aromatic rings. The third-order valence-electron chi connectivity index (χ3n) is 6.89. The number of likely N-dealkylation sites (tertiary alicyclic amines) is 1. The van der Waals surface area contributed by atoms with Crippen molar-refractivity contribution in [3.63, 3.8) is 0 Å². The highest BCUT2D eigenvalue weighted by Gasteiger charge is 2.23. The van der Waals surface area contributed by atoms with Gasteiger partial charge in [-0.05, 0) is 75.7 Å². The number of aromatic amines is 1. The molecule has 148 valence electrons. The van der Waals surface area contributed by atoms with Gasteiger partial charge in [0.2, 0.25) is 0 Å². The van der Waals surface area contributed by atoms with Crippen LogP contribution in [0.25, 0.3) is 11.0 Å². The molecular weight excluding hydrogens is 334 g/mol. The average Bonchev–Trinajstić information content (AvgIpc) is 3.02. The van der Waals surface area contributed by atoms with Crippen molar-refractivity contribution in [2.75, 3.05) is 19.6 Å². The molecule has 0 atom stereocenters. The summed E-state index contributed by atoms with van der Waals surface area (Å²) in [6, 6.07) is 7.99. The summed E-state index contributed by atoms with van der Waals surface area (Å²) < 4.78 is 1.89. The number of aromatic nitrogens is 2. The van der Waals surface area contributed by atoms with E-state index in [1.807, 2.05) is 28.8 Å². The lowest BCUT2D eigenvalue weighted by molar-refractivity contribution is 0.155. The Labute approximate surface area is 163 Å². The maximum Gasteiger partial charge on any atom is 0.326 e. The third-order valence-corrected chi connectivity index (χ3v) is 6.89. The summed E-state index contributed by atoms with van der Waals surface area (Å²) in [5.74, 6) is 2.01. The molecule has 0 bridgehead atoms. The maximum atomic E-state index is 12.1. The summed E-state index contributed by atoms with van der Waals surface area (Å²) in [6.07, 6.45) is 14.0. The Morgan fingerprint density at radius 3 is 2.41 bits per heavy atom. The Morgan fingerprint density at radius 2 is 1.59 bits per heavy atom. The number of imidazole rings is 1. The van der Waals surface area contributed by atoms with E-state index in [1.54, 1.807) is 0 Å². The van der Waals surface area contributed by atoms with Crippen LogP contribution < -0.4 is 5.69 Å². The zero-order chi connectivity index (χ0) is 18.5. The lowest BCUT2D eigenvalue weighted by atomic mass is 9.80. The molecule has 1 aromatic carbocycles. The largest absolute Gasteiger partial charge is 0.326 e. The molecule has 0 unspecified atom stereocenters. The van der Waals surface area contributed by atoms with Gasteiger partial charge in [0.05, 0.1) is 11.0 Å². The highest BCUT2D eigenvalue weighted by Crippen LogP contribution is 2.32. The van der Waals surface area contributed by atoms with Gasteiger partial charge in [-0.1, -0.05) is 44.2 Å². The van der Waals surface area contributed by atoms with Gasteiger partial charge in [-0.2, -0.15) is 0 Å². The molecule has 4 heteroatoms. The van der Waals surface area contributed by atoms with Crippen molar-refractivity contribution >= 4 is 11.0 Å². The number of rotatable bonds is 7. The predicted octanol–water partition coefficient (Wildman–Crippen LogP) is 4.79. The van der Waals surface area contributed by atoms with Crippen LogP contribution in [-0.2, 0) is 6.54 Å². The molecule has 0 spiro atoms. The predicted molar refractivity (Wildman–Crippen MR) is 112 cm³/mol. The Balaban J connectivity index is 1.16. The van der Waals surface area contributed by atoms with Gasteiger partial charge in [-0.15, -0.1) is 0 Å². The Morgan fingerprint density at radius 1 is 0.889 bits per heavy atom. The van der Waals surface area contributed by atoms with Crippen LogP contribution in [0.1, 0.15) is 64.2 Å². The SMILES string of the molecule is O=c1[nH]c2ccccc2n1CCCCN1CCC(CC2CCCCC2)CC1. The Bertz CT molecular complexity index is 763. The summed E-state index contributed by atoms with van der Waals surface area (Å²) in [7, 11) is 0. The van der Waals surface area contributed by atoms with E-state index in [-0.39, 0.29) is 5.69 Å². The van der Waals surface area contributed by atoms with E-state index in [4.69, 9.17) is 0 Å².